The minimum absolute atomic E-state index is 0.486. The Morgan fingerprint density at radius 1 is 1.13 bits per heavy atom. The Balaban J connectivity index is 0.00000132. The number of fused-ring (bicyclic) bond motifs is 1. The maximum Gasteiger partial charge on any atom is 0.111 e. The number of nitrogens with zero attached hydrogens (tertiary/aromatic N) is 3. The molecule has 0 bridgehead atoms. The molecule has 2 heterocycles. The van der Waals surface area contributed by atoms with Crippen LogP contribution in [0, 0.1) is 5.41 Å². The molecular formula is C27H44N4. The van der Waals surface area contributed by atoms with Crippen LogP contribution in [0.3, 0.4) is 0 Å². The molecular weight excluding hydrogens is 380 g/mol. The summed E-state index contributed by atoms with van der Waals surface area (Å²) in [4.78, 5) is 7.67. The van der Waals surface area contributed by atoms with Crippen molar-refractivity contribution in [1.29, 1.82) is 0 Å². The lowest BCUT2D eigenvalue weighted by atomic mass is 9.77. The number of piperidine rings is 1. The molecule has 2 aliphatic rings. The molecule has 0 saturated carbocycles. The predicted octanol–water partition coefficient (Wildman–Crippen LogP) is 5.99. The largest absolute Gasteiger partial charge is 0.325 e. The monoisotopic (exact) mass is 424 g/mol. The standard InChI is InChI=1S/C25H38N4.C2H6/c1-4-26-15-11-24-27-22-9-5-6-10-23(22)29(24)21-12-16-28(17-13-21)19-20-8-7-14-25(2,3)18-20;1-2/h5-6,8-10,21,26H,4,7,11-19H2,1-3H3;1-2H3. The van der Waals surface area contributed by atoms with E-state index < -0.39 is 0 Å². The van der Waals surface area contributed by atoms with E-state index in [1.807, 2.05) is 13.8 Å². The Kier molecular flexibility index (Phi) is 8.74. The Morgan fingerprint density at radius 3 is 2.58 bits per heavy atom. The van der Waals surface area contributed by atoms with Crippen molar-refractivity contribution in [3.05, 3.63) is 41.7 Å². The van der Waals surface area contributed by atoms with Gasteiger partial charge in [-0.15, -0.1) is 0 Å². The van der Waals surface area contributed by atoms with Gasteiger partial charge in [-0.2, -0.15) is 0 Å². The van der Waals surface area contributed by atoms with Crippen LogP contribution >= 0.6 is 0 Å². The number of hydrogen-bond donors (Lipinski definition) is 1. The number of imidazole rings is 1. The number of aromatic nitrogens is 2. The summed E-state index contributed by atoms with van der Waals surface area (Å²) in [7, 11) is 0. The first-order chi connectivity index (χ1) is 15.1. The van der Waals surface area contributed by atoms with Crippen LogP contribution in [0.4, 0.5) is 0 Å². The summed E-state index contributed by atoms with van der Waals surface area (Å²) in [6.07, 6.45) is 9.84. The second-order valence-electron chi connectivity index (χ2n) is 9.74. The molecule has 1 fully saturated rings. The summed E-state index contributed by atoms with van der Waals surface area (Å²) in [5, 5.41) is 3.46. The van der Waals surface area contributed by atoms with E-state index in [9.17, 15) is 0 Å². The van der Waals surface area contributed by atoms with E-state index in [1.165, 1.54) is 63.1 Å². The van der Waals surface area contributed by atoms with E-state index in [0.717, 1.165) is 25.0 Å². The van der Waals surface area contributed by atoms with Crippen LogP contribution in [0.5, 0.6) is 0 Å². The van der Waals surface area contributed by atoms with Crippen molar-refractivity contribution in [1.82, 2.24) is 19.8 Å². The minimum Gasteiger partial charge on any atom is -0.325 e. The fourth-order valence-corrected chi connectivity index (χ4v) is 5.24. The van der Waals surface area contributed by atoms with Crippen molar-refractivity contribution in [2.45, 2.75) is 79.2 Å². The predicted molar refractivity (Wildman–Crippen MR) is 134 cm³/mol. The number of rotatable bonds is 7. The Labute approximate surface area is 190 Å². The molecule has 0 amide bonds. The van der Waals surface area contributed by atoms with Crippen LogP contribution < -0.4 is 5.32 Å². The molecule has 1 N–H and O–H groups in total. The number of nitrogens with one attached hydrogen (secondary N) is 1. The SMILES string of the molecule is CC.CCNCCc1nc2ccccc2n1C1CCN(CC2=CCCC(C)(C)C2)CC1. The second kappa shape index (κ2) is 11.3. The lowest BCUT2D eigenvalue weighted by Gasteiger charge is -2.36. The number of para-hydroxylation sites is 2. The number of likely N-dealkylation sites (tertiary alicyclic amines) is 1. The van der Waals surface area contributed by atoms with Crippen LogP contribution in [0.1, 0.15) is 78.6 Å². The van der Waals surface area contributed by atoms with E-state index in [2.05, 4.69) is 65.9 Å². The molecule has 4 rings (SSSR count). The van der Waals surface area contributed by atoms with Crippen LogP contribution in [0.2, 0.25) is 0 Å². The first-order valence-electron chi connectivity index (χ1n) is 12.6. The highest BCUT2D eigenvalue weighted by Gasteiger charge is 2.27. The molecule has 1 aliphatic heterocycles. The molecule has 2 aromatic rings. The van der Waals surface area contributed by atoms with Crippen LogP contribution in [-0.4, -0.2) is 47.2 Å². The topological polar surface area (TPSA) is 33.1 Å². The fraction of sp³-hybridized carbons (Fsp3) is 0.667. The van der Waals surface area contributed by atoms with Gasteiger partial charge in [0.05, 0.1) is 11.0 Å². The van der Waals surface area contributed by atoms with Crippen molar-refractivity contribution in [2.75, 3.05) is 32.7 Å². The summed E-state index contributed by atoms with van der Waals surface area (Å²) in [6.45, 7) is 16.6. The van der Waals surface area contributed by atoms with E-state index in [4.69, 9.17) is 4.98 Å². The molecule has 0 atom stereocenters. The number of benzene rings is 1. The van der Waals surface area contributed by atoms with Crippen molar-refractivity contribution in [3.63, 3.8) is 0 Å². The quantitative estimate of drug-likeness (QED) is 0.438. The van der Waals surface area contributed by atoms with E-state index in [-0.39, 0.29) is 0 Å². The van der Waals surface area contributed by atoms with Crippen molar-refractivity contribution < 1.29 is 0 Å². The van der Waals surface area contributed by atoms with E-state index >= 15 is 0 Å². The highest BCUT2D eigenvalue weighted by Crippen LogP contribution is 2.36. The lowest BCUT2D eigenvalue weighted by molar-refractivity contribution is 0.191. The molecule has 1 aliphatic carbocycles. The third-order valence-electron chi connectivity index (χ3n) is 6.75. The molecule has 1 aromatic heterocycles. The van der Waals surface area contributed by atoms with Crippen LogP contribution in [0.15, 0.2) is 35.9 Å². The van der Waals surface area contributed by atoms with Gasteiger partial charge in [0, 0.05) is 38.6 Å². The van der Waals surface area contributed by atoms with Gasteiger partial charge in [0.15, 0.2) is 0 Å². The van der Waals surface area contributed by atoms with Crippen molar-refractivity contribution in [2.24, 2.45) is 5.41 Å². The zero-order valence-electron chi connectivity index (χ0n) is 20.6. The zero-order valence-corrected chi connectivity index (χ0v) is 20.6. The summed E-state index contributed by atoms with van der Waals surface area (Å²) >= 11 is 0. The third-order valence-corrected chi connectivity index (χ3v) is 6.75. The number of allylic oxidation sites excluding steroid dienone is 1. The average Bonchev–Trinajstić information content (AvgIpc) is 3.13. The van der Waals surface area contributed by atoms with Gasteiger partial charge in [-0.25, -0.2) is 4.98 Å². The summed E-state index contributed by atoms with van der Waals surface area (Å²) < 4.78 is 2.56. The maximum absolute atomic E-state index is 4.99. The summed E-state index contributed by atoms with van der Waals surface area (Å²) in [5.74, 6) is 1.25. The minimum atomic E-state index is 0.486. The van der Waals surface area contributed by atoms with Crippen molar-refractivity contribution in [3.8, 4) is 0 Å². The Bertz CT molecular complexity index is 840. The molecule has 0 spiro atoms. The van der Waals surface area contributed by atoms with Gasteiger partial charge in [-0.05, 0) is 56.2 Å². The van der Waals surface area contributed by atoms with Crippen LogP contribution in [-0.2, 0) is 6.42 Å². The Hall–Kier alpha value is -1.65. The highest BCUT2D eigenvalue weighted by atomic mass is 15.2. The smallest absolute Gasteiger partial charge is 0.111 e. The average molecular weight is 425 g/mol. The second-order valence-corrected chi connectivity index (χ2v) is 9.74. The normalized spacial score (nSPS) is 19.7. The third kappa shape index (κ3) is 6.20. The molecule has 0 radical (unpaired) electrons. The van der Waals surface area contributed by atoms with Gasteiger partial charge in [0.2, 0.25) is 0 Å². The first kappa shape index (κ1) is 24.0. The summed E-state index contributed by atoms with van der Waals surface area (Å²) in [6, 6.07) is 9.25. The molecule has 172 valence electrons. The molecule has 0 unspecified atom stereocenters. The van der Waals surface area contributed by atoms with Crippen LogP contribution in [0.25, 0.3) is 11.0 Å². The van der Waals surface area contributed by atoms with Gasteiger partial charge in [-0.1, -0.05) is 58.4 Å². The molecule has 4 nitrogen and oxygen atoms in total. The lowest BCUT2D eigenvalue weighted by Crippen LogP contribution is -2.37. The van der Waals surface area contributed by atoms with E-state index in [1.54, 1.807) is 5.57 Å². The maximum atomic E-state index is 4.99. The van der Waals surface area contributed by atoms with Gasteiger partial charge in [-0.3, -0.25) is 4.90 Å². The molecule has 4 heteroatoms. The van der Waals surface area contributed by atoms with Gasteiger partial charge >= 0.3 is 0 Å². The zero-order chi connectivity index (χ0) is 22.3. The molecule has 31 heavy (non-hydrogen) atoms. The first-order valence-corrected chi connectivity index (χ1v) is 12.6. The summed E-state index contributed by atoms with van der Waals surface area (Å²) in [5.41, 5.74) is 4.61. The van der Waals surface area contributed by atoms with Crippen molar-refractivity contribution >= 4 is 11.0 Å². The number of hydrogen-bond acceptors (Lipinski definition) is 3. The van der Waals surface area contributed by atoms with E-state index in [0.29, 0.717) is 11.5 Å². The molecule has 1 saturated heterocycles. The number of likely N-dealkylation sites (N-methyl/N-ethyl adjacent to an activating group) is 1. The molecule has 1 aromatic carbocycles. The fourth-order valence-electron chi connectivity index (χ4n) is 5.24. The van der Waals surface area contributed by atoms with Gasteiger partial charge < -0.3 is 9.88 Å². The van der Waals surface area contributed by atoms with Gasteiger partial charge in [0.25, 0.3) is 0 Å². The highest BCUT2D eigenvalue weighted by molar-refractivity contribution is 5.76. The Morgan fingerprint density at radius 2 is 1.87 bits per heavy atom. The van der Waals surface area contributed by atoms with Gasteiger partial charge in [0.1, 0.15) is 5.82 Å².